The lowest BCUT2D eigenvalue weighted by Crippen LogP contribution is -2.34. The molecule has 12 heteroatoms. The lowest BCUT2D eigenvalue weighted by atomic mass is 10.1. The third-order valence-electron chi connectivity index (χ3n) is 8.18. The van der Waals surface area contributed by atoms with Crippen LogP contribution in [0.15, 0.2) is 72.9 Å². The monoisotopic (exact) mass is 793 g/mol. The van der Waals surface area contributed by atoms with Gasteiger partial charge in [-0.05, 0) is 77.0 Å². The number of carboxylic acid groups (broad SMARTS) is 1. The summed E-state index contributed by atoms with van der Waals surface area (Å²) in [6.07, 6.45) is 44.0. The van der Waals surface area contributed by atoms with Gasteiger partial charge in [0.15, 0.2) is 6.10 Å². The lowest BCUT2D eigenvalue weighted by Gasteiger charge is -2.20. The van der Waals surface area contributed by atoms with Gasteiger partial charge in [-0.2, -0.15) is 0 Å². The molecule has 0 aliphatic heterocycles. The molecule has 0 aliphatic rings. The van der Waals surface area contributed by atoms with E-state index in [1.54, 1.807) is 0 Å². The van der Waals surface area contributed by atoms with E-state index < -0.39 is 51.1 Å². The number of esters is 2. The number of carbonyl (C=O) groups excluding carboxylic acids is 2. The molecule has 0 radical (unpaired) electrons. The van der Waals surface area contributed by atoms with Crippen molar-refractivity contribution in [2.45, 2.75) is 161 Å². The highest BCUT2D eigenvalue weighted by Gasteiger charge is 2.28. The first-order valence-corrected chi connectivity index (χ1v) is 22.0. The van der Waals surface area contributed by atoms with Gasteiger partial charge >= 0.3 is 25.7 Å². The number of phosphoric ester groups is 1. The average Bonchev–Trinajstić information content (AvgIpc) is 3.16. The van der Waals surface area contributed by atoms with Crippen LogP contribution in [-0.2, 0) is 37.5 Å². The molecule has 0 aromatic heterocycles. The summed E-state index contributed by atoms with van der Waals surface area (Å²) in [4.78, 5) is 45.8. The van der Waals surface area contributed by atoms with Gasteiger partial charge in [-0.3, -0.25) is 23.4 Å². The van der Waals surface area contributed by atoms with Gasteiger partial charge in [-0.25, -0.2) is 4.57 Å². The maximum Gasteiger partial charge on any atom is 0.472 e. The third-order valence-corrected chi connectivity index (χ3v) is 9.13. The molecular weight excluding hydrogens is 721 g/mol. The number of carbonyl (C=O) groups is 3. The second-order valence-electron chi connectivity index (χ2n) is 13.4. The predicted molar refractivity (Wildman–Crippen MR) is 221 cm³/mol. The Morgan fingerprint density at radius 1 is 0.564 bits per heavy atom. The van der Waals surface area contributed by atoms with Crippen LogP contribution < -0.4 is 5.73 Å². The van der Waals surface area contributed by atoms with Crippen molar-refractivity contribution in [3.8, 4) is 0 Å². The molecule has 0 fully saturated rings. The van der Waals surface area contributed by atoms with Crippen molar-refractivity contribution in [3.63, 3.8) is 0 Å². The van der Waals surface area contributed by atoms with E-state index in [9.17, 15) is 23.8 Å². The van der Waals surface area contributed by atoms with Crippen molar-refractivity contribution >= 4 is 25.7 Å². The number of hydrogen-bond acceptors (Lipinski definition) is 9. The SMILES string of the molecule is CCCC/C=C\C/C=C\CCCCCCCC(=O)O[C@H](COC(=O)CCC/C=C\C/C=C\C/C=C\C/C=C\CCCCC)COP(=O)(O)OC[C@H](N)C(=O)O. The number of aliphatic carboxylic acids is 1. The molecule has 11 nitrogen and oxygen atoms in total. The van der Waals surface area contributed by atoms with E-state index in [-0.39, 0.29) is 19.4 Å². The molecule has 55 heavy (non-hydrogen) atoms. The second-order valence-corrected chi connectivity index (χ2v) is 14.9. The maximum atomic E-state index is 12.6. The first-order chi connectivity index (χ1) is 26.6. The molecule has 0 aromatic rings. The normalized spacial score (nSPS) is 14.5. The van der Waals surface area contributed by atoms with Crippen LogP contribution in [0.1, 0.15) is 149 Å². The van der Waals surface area contributed by atoms with Gasteiger partial charge in [0.25, 0.3) is 0 Å². The Hall–Kier alpha value is -3.08. The molecule has 0 spiro atoms. The molecule has 0 amide bonds. The van der Waals surface area contributed by atoms with Crippen LogP contribution >= 0.6 is 7.82 Å². The summed E-state index contributed by atoms with van der Waals surface area (Å²) in [5, 5.41) is 8.87. The van der Waals surface area contributed by atoms with E-state index in [1.165, 1.54) is 32.1 Å². The number of ether oxygens (including phenoxy) is 2. The Kier molecular flexibility index (Phi) is 35.7. The summed E-state index contributed by atoms with van der Waals surface area (Å²) in [6.45, 7) is 2.64. The van der Waals surface area contributed by atoms with E-state index in [1.807, 2.05) is 12.2 Å². The third kappa shape index (κ3) is 37.6. The molecule has 0 heterocycles. The largest absolute Gasteiger partial charge is 0.480 e. The van der Waals surface area contributed by atoms with Gasteiger partial charge in [0, 0.05) is 12.8 Å². The minimum Gasteiger partial charge on any atom is -0.480 e. The minimum atomic E-state index is -4.73. The predicted octanol–water partition coefficient (Wildman–Crippen LogP) is 10.6. The van der Waals surface area contributed by atoms with Crippen LogP contribution in [0, 0.1) is 0 Å². The van der Waals surface area contributed by atoms with Crippen molar-refractivity contribution in [2.24, 2.45) is 5.73 Å². The molecule has 0 saturated heterocycles. The van der Waals surface area contributed by atoms with Crippen LogP contribution in [0.3, 0.4) is 0 Å². The second kappa shape index (κ2) is 37.8. The highest BCUT2D eigenvalue weighted by Crippen LogP contribution is 2.43. The summed E-state index contributed by atoms with van der Waals surface area (Å²) in [5.74, 6) is -2.48. The molecular formula is C43H72NO10P. The summed E-state index contributed by atoms with van der Waals surface area (Å²) in [6, 6.07) is -1.53. The van der Waals surface area contributed by atoms with E-state index >= 15 is 0 Å². The standard InChI is InChI=1S/C43H72NO10P/c1-3-5-7-9-11-13-15-17-19-20-21-23-24-26-28-30-32-34-41(45)51-36-39(37-52-55(49,50)53-38-40(44)43(47)48)54-42(46)35-33-31-29-27-25-22-18-16-14-12-10-8-6-4-2/h10-13,16-19,21,23,26,28,39-40H,3-9,14-15,20,22,24-25,27,29-38,44H2,1-2H3,(H,47,48)(H,49,50)/b12-10-,13-11-,18-16-,19-17-,23-21-,28-26-/t39-,40+/m1/s1. The maximum absolute atomic E-state index is 12.6. The van der Waals surface area contributed by atoms with Crippen LogP contribution in [0.25, 0.3) is 0 Å². The molecule has 3 atom stereocenters. The molecule has 4 N–H and O–H groups in total. The number of hydrogen-bond donors (Lipinski definition) is 3. The van der Waals surface area contributed by atoms with Crippen LogP contribution in [0.2, 0.25) is 0 Å². The Labute approximate surface area is 331 Å². The van der Waals surface area contributed by atoms with Gasteiger partial charge < -0.3 is 25.2 Å². The van der Waals surface area contributed by atoms with E-state index in [4.69, 9.17) is 24.8 Å². The molecule has 1 unspecified atom stereocenters. The van der Waals surface area contributed by atoms with Crippen molar-refractivity contribution in [1.82, 2.24) is 0 Å². The van der Waals surface area contributed by atoms with Crippen molar-refractivity contribution in [1.29, 1.82) is 0 Å². The molecule has 314 valence electrons. The van der Waals surface area contributed by atoms with E-state index in [0.717, 1.165) is 70.6 Å². The summed E-state index contributed by atoms with van der Waals surface area (Å²) >= 11 is 0. The summed E-state index contributed by atoms with van der Waals surface area (Å²) < 4.78 is 32.5. The van der Waals surface area contributed by atoms with Crippen molar-refractivity contribution in [3.05, 3.63) is 72.9 Å². The van der Waals surface area contributed by atoms with Crippen LogP contribution in [-0.4, -0.2) is 59.9 Å². The zero-order valence-electron chi connectivity index (χ0n) is 33.7. The first-order valence-electron chi connectivity index (χ1n) is 20.5. The molecule has 0 aromatic carbocycles. The zero-order valence-corrected chi connectivity index (χ0v) is 34.6. The Morgan fingerprint density at radius 2 is 1.00 bits per heavy atom. The fourth-order valence-corrected chi connectivity index (χ4v) is 5.67. The van der Waals surface area contributed by atoms with Crippen molar-refractivity contribution < 1.29 is 47.5 Å². The van der Waals surface area contributed by atoms with Crippen LogP contribution in [0.4, 0.5) is 0 Å². The number of nitrogens with two attached hydrogens (primary N) is 1. The average molecular weight is 794 g/mol. The number of allylic oxidation sites excluding steroid dienone is 12. The number of phosphoric acid groups is 1. The van der Waals surface area contributed by atoms with Gasteiger partial charge in [0.1, 0.15) is 12.6 Å². The lowest BCUT2D eigenvalue weighted by molar-refractivity contribution is -0.161. The molecule has 0 saturated carbocycles. The quantitative estimate of drug-likeness (QED) is 0.0236. The molecule has 0 bridgehead atoms. The number of unbranched alkanes of at least 4 members (excludes halogenated alkanes) is 11. The smallest absolute Gasteiger partial charge is 0.472 e. The molecule has 0 aliphatic carbocycles. The summed E-state index contributed by atoms with van der Waals surface area (Å²) in [7, 11) is -4.73. The van der Waals surface area contributed by atoms with E-state index in [0.29, 0.717) is 19.3 Å². The van der Waals surface area contributed by atoms with Gasteiger partial charge in [-0.1, -0.05) is 132 Å². The van der Waals surface area contributed by atoms with Crippen LogP contribution in [0.5, 0.6) is 0 Å². The highest BCUT2D eigenvalue weighted by atomic mass is 31.2. The fourth-order valence-electron chi connectivity index (χ4n) is 4.90. The van der Waals surface area contributed by atoms with Crippen molar-refractivity contribution in [2.75, 3.05) is 19.8 Å². The van der Waals surface area contributed by atoms with Gasteiger partial charge in [-0.15, -0.1) is 0 Å². The summed E-state index contributed by atoms with van der Waals surface area (Å²) in [5.41, 5.74) is 5.32. The Morgan fingerprint density at radius 3 is 1.55 bits per heavy atom. The number of rotatable bonds is 37. The minimum absolute atomic E-state index is 0.130. The molecule has 0 rings (SSSR count). The Balaban J connectivity index is 4.53. The fraction of sp³-hybridized carbons (Fsp3) is 0.651. The van der Waals surface area contributed by atoms with E-state index in [2.05, 4.69) is 79.1 Å². The first kappa shape index (κ1) is 51.9. The Bertz CT molecular complexity index is 1210. The zero-order chi connectivity index (χ0) is 40.7. The highest BCUT2D eigenvalue weighted by molar-refractivity contribution is 7.47. The van der Waals surface area contributed by atoms with Gasteiger partial charge in [0.05, 0.1) is 13.2 Å². The topological polar surface area (TPSA) is 172 Å². The van der Waals surface area contributed by atoms with Gasteiger partial charge in [0.2, 0.25) is 0 Å². The number of carboxylic acids is 1.